The summed E-state index contributed by atoms with van der Waals surface area (Å²) < 4.78 is 32.4. The van der Waals surface area contributed by atoms with Gasteiger partial charge >= 0.3 is 0 Å². The molecule has 0 aliphatic rings. The maximum atomic E-state index is 13.6. The molecular weight excluding hydrogens is 286 g/mol. The minimum absolute atomic E-state index is 0.0557. The molecule has 0 aromatic heterocycles. The van der Waals surface area contributed by atoms with Gasteiger partial charge in [0.15, 0.2) is 0 Å². The number of aliphatic hydroxyl groups is 1. The van der Waals surface area contributed by atoms with Crippen molar-refractivity contribution in [1.82, 2.24) is 0 Å². The monoisotopic (exact) mass is 298 g/mol. The van der Waals surface area contributed by atoms with E-state index in [2.05, 4.69) is 0 Å². The smallest absolute Gasteiger partial charge is 0.132 e. The van der Waals surface area contributed by atoms with E-state index in [1.54, 1.807) is 0 Å². The summed E-state index contributed by atoms with van der Waals surface area (Å²) in [5.41, 5.74) is 0.476. The Kier molecular flexibility index (Phi) is 4.57. The molecule has 0 bridgehead atoms. The van der Waals surface area contributed by atoms with Crippen molar-refractivity contribution >= 4 is 11.6 Å². The summed E-state index contributed by atoms with van der Waals surface area (Å²) in [7, 11) is 0. The first kappa shape index (κ1) is 14.8. The highest BCUT2D eigenvalue weighted by molar-refractivity contribution is 6.30. The van der Waals surface area contributed by atoms with Gasteiger partial charge in [0.1, 0.15) is 24.0 Å². The molecule has 0 fully saturated rings. The molecular formula is C15H13ClF2O2. The summed E-state index contributed by atoms with van der Waals surface area (Å²) in [5, 5.41) is 9.73. The largest absolute Gasteiger partial charge is 0.489 e. The number of ether oxygens (including phenoxy) is 1. The Bertz CT molecular complexity index is 615. The molecule has 2 aromatic rings. The zero-order chi connectivity index (χ0) is 14.7. The van der Waals surface area contributed by atoms with Crippen LogP contribution in [-0.2, 0) is 6.61 Å². The van der Waals surface area contributed by atoms with E-state index in [-0.39, 0.29) is 23.5 Å². The van der Waals surface area contributed by atoms with Crippen molar-refractivity contribution in [3.8, 4) is 5.75 Å². The van der Waals surface area contributed by atoms with Crippen LogP contribution in [0.1, 0.15) is 24.2 Å². The first-order chi connectivity index (χ1) is 9.47. The van der Waals surface area contributed by atoms with Crippen LogP contribution in [0.2, 0.25) is 5.02 Å². The van der Waals surface area contributed by atoms with E-state index in [0.717, 1.165) is 6.07 Å². The number of aliphatic hydroxyl groups excluding tert-OH is 1. The van der Waals surface area contributed by atoms with Crippen LogP contribution in [0.15, 0.2) is 36.4 Å². The SMILES string of the molecule is C[C@@H](O)c1ccc(OCc2cc(Cl)ccc2F)cc1F. The number of hydrogen-bond acceptors (Lipinski definition) is 2. The van der Waals surface area contributed by atoms with Crippen molar-refractivity contribution in [2.75, 3.05) is 0 Å². The fraction of sp³-hybridized carbons (Fsp3) is 0.200. The lowest BCUT2D eigenvalue weighted by atomic mass is 10.1. The number of hydrogen-bond donors (Lipinski definition) is 1. The van der Waals surface area contributed by atoms with Crippen molar-refractivity contribution in [3.63, 3.8) is 0 Å². The van der Waals surface area contributed by atoms with Crippen LogP contribution in [0, 0.1) is 11.6 Å². The average Bonchev–Trinajstić information content (AvgIpc) is 2.39. The van der Waals surface area contributed by atoms with E-state index in [1.807, 2.05) is 0 Å². The Morgan fingerprint density at radius 2 is 1.90 bits per heavy atom. The molecule has 2 aromatic carbocycles. The van der Waals surface area contributed by atoms with Gasteiger partial charge in [0.25, 0.3) is 0 Å². The van der Waals surface area contributed by atoms with Gasteiger partial charge in [-0.2, -0.15) is 0 Å². The topological polar surface area (TPSA) is 29.5 Å². The summed E-state index contributed by atoms with van der Waals surface area (Å²) in [6.07, 6.45) is -0.894. The van der Waals surface area contributed by atoms with Crippen LogP contribution in [0.25, 0.3) is 0 Å². The molecule has 2 rings (SSSR count). The van der Waals surface area contributed by atoms with Crippen LogP contribution in [0.4, 0.5) is 8.78 Å². The number of benzene rings is 2. The van der Waals surface area contributed by atoms with E-state index in [9.17, 15) is 13.9 Å². The predicted molar refractivity (Wildman–Crippen MR) is 72.8 cm³/mol. The van der Waals surface area contributed by atoms with Gasteiger partial charge in [0, 0.05) is 22.2 Å². The Morgan fingerprint density at radius 1 is 1.15 bits per heavy atom. The van der Waals surface area contributed by atoms with Crippen molar-refractivity contribution in [2.45, 2.75) is 19.6 Å². The zero-order valence-corrected chi connectivity index (χ0v) is 11.5. The molecule has 106 valence electrons. The standard InChI is InChI=1S/C15H13ClF2O2/c1-9(19)13-4-3-12(7-15(13)18)20-8-10-6-11(16)2-5-14(10)17/h2-7,9,19H,8H2,1H3/t9-/m1/s1. The molecule has 0 heterocycles. The molecule has 5 heteroatoms. The Labute approximate surface area is 120 Å². The van der Waals surface area contributed by atoms with Gasteiger partial charge in [-0.1, -0.05) is 11.6 Å². The van der Waals surface area contributed by atoms with Crippen LogP contribution >= 0.6 is 11.6 Å². The normalized spacial score (nSPS) is 12.2. The van der Waals surface area contributed by atoms with Crippen LogP contribution in [-0.4, -0.2) is 5.11 Å². The molecule has 0 radical (unpaired) electrons. The molecule has 20 heavy (non-hydrogen) atoms. The Balaban J connectivity index is 2.11. The van der Waals surface area contributed by atoms with E-state index in [4.69, 9.17) is 16.3 Å². The summed E-state index contributed by atoms with van der Waals surface area (Å²) >= 11 is 5.77. The lowest BCUT2D eigenvalue weighted by Crippen LogP contribution is -2.01. The Hall–Kier alpha value is -1.65. The van der Waals surface area contributed by atoms with Gasteiger partial charge in [0.05, 0.1) is 6.10 Å². The molecule has 0 amide bonds. The predicted octanol–water partition coefficient (Wildman–Crippen LogP) is 4.25. The number of rotatable bonds is 4. The molecule has 0 aliphatic carbocycles. The molecule has 0 saturated carbocycles. The summed E-state index contributed by atoms with van der Waals surface area (Å²) in [5.74, 6) is -0.745. The minimum Gasteiger partial charge on any atom is -0.489 e. The molecule has 1 N–H and O–H groups in total. The van der Waals surface area contributed by atoms with Crippen molar-refractivity contribution < 1.29 is 18.6 Å². The van der Waals surface area contributed by atoms with Crippen molar-refractivity contribution in [3.05, 3.63) is 64.2 Å². The third-order valence-electron chi connectivity index (χ3n) is 2.82. The second-order valence-electron chi connectivity index (χ2n) is 4.38. The van der Waals surface area contributed by atoms with Gasteiger partial charge < -0.3 is 9.84 Å². The summed E-state index contributed by atoms with van der Waals surface area (Å²) in [6, 6.07) is 8.26. The fourth-order valence-corrected chi connectivity index (χ4v) is 1.95. The van der Waals surface area contributed by atoms with E-state index >= 15 is 0 Å². The molecule has 0 aliphatic heterocycles. The molecule has 0 saturated heterocycles. The highest BCUT2D eigenvalue weighted by atomic mass is 35.5. The zero-order valence-electron chi connectivity index (χ0n) is 10.7. The van der Waals surface area contributed by atoms with Crippen LogP contribution in [0.3, 0.4) is 0 Å². The number of halogens is 3. The maximum absolute atomic E-state index is 13.6. The van der Waals surface area contributed by atoms with Gasteiger partial charge in [-0.25, -0.2) is 8.78 Å². The molecule has 1 atom stereocenters. The lowest BCUT2D eigenvalue weighted by molar-refractivity contribution is 0.194. The van der Waals surface area contributed by atoms with E-state index < -0.39 is 17.7 Å². The lowest BCUT2D eigenvalue weighted by Gasteiger charge is -2.10. The van der Waals surface area contributed by atoms with Crippen LogP contribution in [0.5, 0.6) is 5.75 Å². The van der Waals surface area contributed by atoms with Crippen LogP contribution < -0.4 is 4.74 Å². The van der Waals surface area contributed by atoms with E-state index in [1.165, 1.54) is 37.3 Å². The third-order valence-corrected chi connectivity index (χ3v) is 3.06. The second-order valence-corrected chi connectivity index (χ2v) is 4.82. The van der Waals surface area contributed by atoms with E-state index in [0.29, 0.717) is 5.02 Å². The highest BCUT2D eigenvalue weighted by Gasteiger charge is 2.10. The van der Waals surface area contributed by atoms with Gasteiger partial charge in [-0.05, 0) is 37.3 Å². The van der Waals surface area contributed by atoms with Crippen molar-refractivity contribution in [2.24, 2.45) is 0 Å². The summed E-state index contributed by atoms with van der Waals surface area (Å²) in [4.78, 5) is 0. The second kappa shape index (κ2) is 6.20. The first-order valence-electron chi connectivity index (χ1n) is 6.01. The highest BCUT2D eigenvalue weighted by Crippen LogP contribution is 2.23. The average molecular weight is 299 g/mol. The fourth-order valence-electron chi connectivity index (χ4n) is 1.75. The first-order valence-corrected chi connectivity index (χ1v) is 6.39. The molecule has 2 nitrogen and oxygen atoms in total. The van der Waals surface area contributed by atoms with Gasteiger partial charge in [-0.3, -0.25) is 0 Å². The minimum atomic E-state index is -0.894. The Morgan fingerprint density at radius 3 is 2.55 bits per heavy atom. The van der Waals surface area contributed by atoms with Crippen molar-refractivity contribution in [1.29, 1.82) is 0 Å². The third kappa shape index (κ3) is 3.46. The van der Waals surface area contributed by atoms with Gasteiger partial charge in [0.2, 0.25) is 0 Å². The molecule has 0 unspecified atom stereocenters. The summed E-state index contributed by atoms with van der Waals surface area (Å²) in [6.45, 7) is 1.42. The van der Waals surface area contributed by atoms with Gasteiger partial charge in [-0.15, -0.1) is 0 Å². The quantitative estimate of drug-likeness (QED) is 0.914. The molecule has 0 spiro atoms. The maximum Gasteiger partial charge on any atom is 0.132 e.